The summed E-state index contributed by atoms with van der Waals surface area (Å²) in [5.74, 6) is 0.853. The van der Waals surface area contributed by atoms with Crippen LogP contribution < -0.4 is 4.90 Å². The van der Waals surface area contributed by atoms with E-state index in [9.17, 15) is 0 Å². The van der Waals surface area contributed by atoms with E-state index in [1.807, 2.05) is 13.0 Å². The van der Waals surface area contributed by atoms with E-state index in [1.165, 1.54) is 0 Å². The van der Waals surface area contributed by atoms with Crippen LogP contribution in [-0.2, 0) is 4.74 Å². The summed E-state index contributed by atoms with van der Waals surface area (Å²) < 4.78 is 5.68. The first-order valence-electron chi connectivity index (χ1n) is 5.75. The van der Waals surface area contributed by atoms with Crippen molar-refractivity contribution in [3.8, 4) is 6.07 Å². The van der Waals surface area contributed by atoms with Crippen LogP contribution >= 0.6 is 0 Å². The molecule has 0 aliphatic carbocycles. The minimum atomic E-state index is 0.190. The van der Waals surface area contributed by atoms with Gasteiger partial charge in [0.25, 0.3) is 0 Å². The lowest BCUT2D eigenvalue weighted by Gasteiger charge is -2.36. The minimum absolute atomic E-state index is 0.190. The largest absolute Gasteiger partial charge is 0.372 e. The molecule has 1 aromatic heterocycles. The molecule has 5 heteroatoms. The van der Waals surface area contributed by atoms with Crippen LogP contribution in [0.1, 0.15) is 25.1 Å². The number of aryl methyl sites for hydroxylation is 1. The van der Waals surface area contributed by atoms with E-state index in [-0.39, 0.29) is 12.2 Å². The number of nitriles is 1. The normalized spacial score (nSPS) is 24.5. The van der Waals surface area contributed by atoms with Crippen LogP contribution in [0.15, 0.2) is 6.07 Å². The van der Waals surface area contributed by atoms with Crippen molar-refractivity contribution in [3.63, 3.8) is 0 Å². The third-order valence-electron chi connectivity index (χ3n) is 2.79. The number of hydrogen-bond acceptors (Lipinski definition) is 5. The van der Waals surface area contributed by atoms with E-state index in [0.29, 0.717) is 5.69 Å². The summed E-state index contributed by atoms with van der Waals surface area (Å²) in [4.78, 5) is 2.17. The van der Waals surface area contributed by atoms with Gasteiger partial charge in [-0.05, 0) is 32.4 Å². The van der Waals surface area contributed by atoms with Crippen LogP contribution in [0.5, 0.6) is 0 Å². The lowest BCUT2D eigenvalue weighted by Crippen LogP contribution is -2.46. The van der Waals surface area contributed by atoms with Gasteiger partial charge < -0.3 is 9.64 Å². The van der Waals surface area contributed by atoms with E-state index >= 15 is 0 Å². The molecule has 17 heavy (non-hydrogen) atoms. The predicted octanol–water partition coefficient (Wildman–Crippen LogP) is 1.27. The third kappa shape index (κ3) is 2.53. The Morgan fingerprint density at radius 1 is 1.35 bits per heavy atom. The molecular weight excluding hydrogens is 216 g/mol. The highest BCUT2D eigenvalue weighted by Crippen LogP contribution is 2.21. The van der Waals surface area contributed by atoms with Gasteiger partial charge in [0.05, 0.1) is 12.2 Å². The van der Waals surface area contributed by atoms with Crippen molar-refractivity contribution in [2.24, 2.45) is 0 Å². The van der Waals surface area contributed by atoms with Gasteiger partial charge in [0, 0.05) is 13.1 Å². The molecule has 5 nitrogen and oxygen atoms in total. The first-order chi connectivity index (χ1) is 8.10. The molecule has 1 aromatic rings. The average Bonchev–Trinajstić information content (AvgIpc) is 2.27. The Hall–Kier alpha value is -1.67. The molecule has 0 bridgehead atoms. The van der Waals surface area contributed by atoms with Crippen LogP contribution in [0.3, 0.4) is 0 Å². The maximum atomic E-state index is 8.76. The van der Waals surface area contributed by atoms with E-state index in [0.717, 1.165) is 24.5 Å². The van der Waals surface area contributed by atoms with Gasteiger partial charge in [-0.1, -0.05) is 0 Å². The molecule has 0 aromatic carbocycles. The molecule has 0 saturated carbocycles. The van der Waals surface area contributed by atoms with Crippen LogP contribution in [-0.4, -0.2) is 35.5 Å². The van der Waals surface area contributed by atoms with Gasteiger partial charge >= 0.3 is 0 Å². The van der Waals surface area contributed by atoms with Crippen LogP contribution in [0.4, 0.5) is 5.82 Å². The lowest BCUT2D eigenvalue weighted by molar-refractivity contribution is -0.00553. The minimum Gasteiger partial charge on any atom is -0.372 e. The van der Waals surface area contributed by atoms with Crippen molar-refractivity contribution < 1.29 is 4.74 Å². The molecule has 0 N–H and O–H groups in total. The molecule has 0 amide bonds. The monoisotopic (exact) mass is 232 g/mol. The molecule has 2 atom stereocenters. The van der Waals surface area contributed by atoms with Crippen molar-refractivity contribution in [2.75, 3.05) is 18.0 Å². The quantitative estimate of drug-likeness (QED) is 0.729. The molecule has 1 aliphatic heterocycles. The van der Waals surface area contributed by atoms with E-state index < -0.39 is 0 Å². The van der Waals surface area contributed by atoms with Crippen molar-refractivity contribution in [1.29, 1.82) is 5.26 Å². The molecular formula is C12H16N4O. The number of hydrogen-bond donors (Lipinski definition) is 0. The molecule has 0 unspecified atom stereocenters. The number of morpholine rings is 1. The number of anilines is 1. The Morgan fingerprint density at radius 3 is 2.53 bits per heavy atom. The second-order valence-electron chi connectivity index (χ2n) is 4.51. The van der Waals surface area contributed by atoms with Gasteiger partial charge in [0.1, 0.15) is 6.07 Å². The fourth-order valence-corrected chi connectivity index (χ4v) is 2.20. The SMILES string of the molecule is Cc1cc(C#N)nnc1N1C[C@H](C)O[C@@H](C)C1. The second kappa shape index (κ2) is 4.68. The highest BCUT2D eigenvalue weighted by Gasteiger charge is 2.24. The highest BCUT2D eigenvalue weighted by molar-refractivity contribution is 5.47. The Morgan fingerprint density at radius 2 is 2.00 bits per heavy atom. The van der Waals surface area contributed by atoms with Gasteiger partial charge in [-0.3, -0.25) is 0 Å². The molecule has 1 fully saturated rings. The zero-order valence-electron chi connectivity index (χ0n) is 10.3. The summed E-state index contributed by atoms with van der Waals surface area (Å²) in [6.07, 6.45) is 0.381. The number of rotatable bonds is 1. The molecule has 2 rings (SSSR count). The predicted molar refractivity (Wildman–Crippen MR) is 63.7 cm³/mol. The van der Waals surface area contributed by atoms with E-state index in [2.05, 4.69) is 28.9 Å². The van der Waals surface area contributed by atoms with Gasteiger partial charge in [-0.15, -0.1) is 10.2 Å². The van der Waals surface area contributed by atoms with Crippen molar-refractivity contribution in [3.05, 3.63) is 17.3 Å². The van der Waals surface area contributed by atoms with Gasteiger partial charge in [0.2, 0.25) is 0 Å². The van der Waals surface area contributed by atoms with Crippen molar-refractivity contribution in [2.45, 2.75) is 33.0 Å². The smallest absolute Gasteiger partial charge is 0.163 e. The molecule has 0 spiro atoms. The van der Waals surface area contributed by atoms with Gasteiger partial charge in [0.15, 0.2) is 11.5 Å². The van der Waals surface area contributed by atoms with Crippen molar-refractivity contribution in [1.82, 2.24) is 10.2 Å². The first kappa shape index (κ1) is 11.8. The van der Waals surface area contributed by atoms with Crippen LogP contribution in [0.2, 0.25) is 0 Å². The topological polar surface area (TPSA) is 62.0 Å². The molecule has 1 aliphatic rings. The fraction of sp³-hybridized carbons (Fsp3) is 0.583. The zero-order chi connectivity index (χ0) is 12.4. The zero-order valence-corrected chi connectivity index (χ0v) is 10.3. The Balaban J connectivity index is 2.25. The number of nitrogens with zero attached hydrogens (tertiary/aromatic N) is 4. The standard InChI is InChI=1S/C12H16N4O/c1-8-4-11(5-13)14-15-12(8)16-6-9(2)17-10(3)7-16/h4,9-10H,6-7H2,1-3H3/t9-,10-/m0/s1. The summed E-state index contributed by atoms with van der Waals surface area (Å²) in [5.41, 5.74) is 1.35. The summed E-state index contributed by atoms with van der Waals surface area (Å²) in [6.45, 7) is 7.68. The number of ether oxygens (including phenoxy) is 1. The molecule has 90 valence electrons. The first-order valence-corrected chi connectivity index (χ1v) is 5.75. The molecule has 0 radical (unpaired) electrons. The molecule has 2 heterocycles. The molecule has 1 saturated heterocycles. The fourth-order valence-electron chi connectivity index (χ4n) is 2.20. The van der Waals surface area contributed by atoms with E-state index in [4.69, 9.17) is 10.00 Å². The van der Waals surface area contributed by atoms with Crippen molar-refractivity contribution >= 4 is 5.82 Å². The van der Waals surface area contributed by atoms with Gasteiger partial charge in [-0.2, -0.15) is 5.26 Å². The maximum absolute atomic E-state index is 8.76. The third-order valence-corrected chi connectivity index (χ3v) is 2.79. The Labute approximate surface area is 101 Å². The lowest BCUT2D eigenvalue weighted by atomic mass is 10.2. The second-order valence-corrected chi connectivity index (χ2v) is 4.51. The number of aromatic nitrogens is 2. The summed E-state index contributed by atoms with van der Waals surface area (Å²) in [7, 11) is 0. The highest BCUT2D eigenvalue weighted by atomic mass is 16.5. The average molecular weight is 232 g/mol. The Kier molecular flexibility index (Phi) is 3.25. The summed E-state index contributed by atoms with van der Waals surface area (Å²) in [5, 5.41) is 16.8. The van der Waals surface area contributed by atoms with Crippen LogP contribution in [0.25, 0.3) is 0 Å². The summed E-state index contributed by atoms with van der Waals surface area (Å²) >= 11 is 0. The van der Waals surface area contributed by atoms with E-state index in [1.54, 1.807) is 6.07 Å². The van der Waals surface area contributed by atoms with Gasteiger partial charge in [-0.25, -0.2) is 0 Å². The Bertz CT molecular complexity index is 444. The summed E-state index contributed by atoms with van der Waals surface area (Å²) in [6, 6.07) is 3.77. The maximum Gasteiger partial charge on any atom is 0.163 e. The van der Waals surface area contributed by atoms with Crippen LogP contribution in [0, 0.1) is 18.3 Å².